The van der Waals surface area contributed by atoms with Crippen molar-refractivity contribution < 1.29 is 14.7 Å². The Morgan fingerprint density at radius 3 is 1.96 bits per heavy atom. The van der Waals surface area contributed by atoms with Crippen molar-refractivity contribution >= 4 is 23.3 Å². The van der Waals surface area contributed by atoms with E-state index < -0.39 is 0 Å². The number of hydrazone groups is 1. The summed E-state index contributed by atoms with van der Waals surface area (Å²) in [5.41, 5.74) is 9.47. The number of amides is 3. The predicted octanol–water partition coefficient (Wildman–Crippen LogP) is 9.08. The van der Waals surface area contributed by atoms with Crippen molar-refractivity contribution in [3.63, 3.8) is 0 Å². The van der Waals surface area contributed by atoms with E-state index in [4.69, 9.17) is 10.2 Å². The second kappa shape index (κ2) is 24.1. The van der Waals surface area contributed by atoms with E-state index in [0.29, 0.717) is 18.8 Å². The van der Waals surface area contributed by atoms with Gasteiger partial charge in [-0.25, -0.2) is 4.79 Å². The van der Waals surface area contributed by atoms with Gasteiger partial charge in [-0.2, -0.15) is 5.10 Å². The Balaban J connectivity index is 0.000000208. The van der Waals surface area contributed by atoms with Crippen molar-refractivity contribution in [3.05, 3.63) is 65.2 Å². The van der Waals surface area contributed by atoms with Crippen LogP contribution in [0.1, 0.15) is 154 Å². The largest absolute Gasteiger partial charge is 0.396 e. The van der Waals surface area contributed by atoms with Gasteiger partial charge in [0.15, 0.2) is 0 Å². The van der Waals surface area contributed by atoms with E-state index in [9.17, 15) is 9.59 Å². The first-order chi connectivity index (χ1) is 27.0. The molecule has 0 bridgehead atoms. The zero-order valence-electron chi connectivity index (χ0n) is 35.4. The quantitative estimate of drug-likeness (QED) is 0.181. The Bertz CT molecular complexity index is 1490. The molecule has 4 saturated carbocycles. The third kappa shape index (κ3) is 15.3. The molecule has 2 aliphatic heterocycles. The maximum atomic E-state index is 11.9. The van der Waals surface area contributed by atoms with E-state index >= 15 is 0 Å². The normalized spacial score (nSPS) is 22.7. The number of pyridine rings is 2. The van der Waals surface area contributed by atoms with Crippen LogP contribution in [-0.4, -0.2) is 58.0 Å². The van der Waals surface area contributed by atoms with Crippen LogP contribution in [0.2, 0.25) is 0 Å². The number of carbonyl (C=O) groups is 2. The molecule has 1 unspecified atom stereocenters. The Hall–Kier alpha value is -3.79. The van der Waals surface area contributed by atoms with Gasteiger partial charge in [-0.05, 0) is 98.5 Å². The van der Waals surface area contributed by atoms with Gasteiger partial charge in [0.25, 0.3) is 0 Å². The summed E-state index contributed by atoms with van der Waals surface area (Å²) in [6.07, 6.45) is 22.7. The molecule has 6 aliphatic rings. The molecule has 4 heterocycles. The summed E-state index contributed by atoms with van der Waals surface area (Å²) >= 11 is 0. The molecule has 8 rings (SSSR count). The van der Waals surface area contributed by atoms with Crippen molar-refractivity contribution in [3.8, 4) is 0 Å². The molecule has 10 heteroatoms. The molecule has 56 heavy (non-hydrogen) atoms. The summed E-state index contributed by atoms with van der Waals surface area (Å²) < 4.78 is 0. The van der Waals surface area contributed by atoms with Crippen LogP contribution in [0, 0.1) is 36.5 Å². The Morgan fingerprint density at radius 1 is 0.839 bits per heavy atom. The molecule has 0 radical (unpaired) electrons. The van der Waals surface area contributed by atoms with Crippen LogP contribution >= 0.6 is 0 Å². The number of hydrogen-bond acceptors (Lipinski definition) is 7. The summed E-state index contributed by atoms with van der Waals surface area (Å²) in [6.45, 7) is 14.1. The SMILES string of the molecule is CC(C)CCNC(=O)CCCO.CC1CCC1.CC1CCC1.CC1CCC1.Cc1ccc(C2=C3CC[C@@H]4NC(=O)N[C@@H]4CCC3C(c3ccccn3)=NN2)nc1. The topological polar surface area (TPSA) is 141 Å². The number of fused-ring (bicyclic) bond motifs is 2. The highest BCUT2D eigenvalue weighted by Gasteiger charge is 2.38. The summed E-state index contributed by atoms with van der Waals surface area (Å²) in [5.74, 6) is 4.02. The molecule has 310 valence electrons. The fourth-order valence-electron chi connectivity index (χ4n) is 7.25. The maximum absolute atomic E-state index is 11.9. The van der Waals surface area contributed by atoms with Crippen LogP contribution in [0.4, 0.5) is 4.79 Å². The number of hydrogen-bond donors (Lipinski definition) is 5. The molecule has 2 aromatic heterocycles. The van der Waals surface area contributed by atoms with Gasteiger partial charge in [-0.3, -0.25) is 20.2 Å². The number of carbonyl (C=O) groups excluding carboxylic acids is 2. The Labute approximate surface area is 338 Å². The standard InChI is InChI=1S/C22H24N6O.C9H19NO2.3C5H10/c1-13-5-8-19(24-12-13)21-15-7-10-17-16(25-22(29)26-17)9-6-14(15)20(27-28-21)18-4-2-3-11-23-18;1-8(2)5-6-10-9(12)4-3-7-11;3*1-5-3-2-4-5/h2-5,8,11-12,14,16-17,28H,6-7,9-10H2,1H3,(H2,25,26,29);8,11H,3-7H2,1-2H3,(H,10,12);3*5H,2-4H2,1H3/t14?,16-,17+;;;;/m1..../s1. The molecule has 3 atom stereocenters. The van der Waals surface area contributed by atoms with Gasteiger partial charge in [0, 0.05) is 37.9 Å². The molecule has 3 amide bonds. The van der Waals surface area contributed by atoms with Crippen LogP contribution in [0.25, 0.3) is 5.70 Å². The van der Waals surface area contributed by atoms with Gasteiger partial charge in [-0.15, -0.1) is 0 Å². The van der Waals surface area contributed by atoms with Gasteiger partial charge in [0.1, 0.15) is 0 Å². The molecule has 0 aromatic carbocycles. The minimum Gasteiger partial charge on any atom is -0.396 e. The number of urea groups is 1. The van der Waals surface area contributed by atoms with E-state index in [1.54, 1.807) is 6.20 Å². The zero-order valence-corrected chi connectivity index (χ0v) is 35.4. The number of nitrogens with zero attached hydrogens (tertiary/aromatic N) is 3. The molecular weight excluding hydrogens is 699 g/mol. The van der Waals surface area contributed by atoms with Crippen molar-refractivity contribution in [1.29, 1.82) is 0 Å². The third-order valence-corrected chi connectivity index (χ3v) is 11.9. The van der Waals surface area contributed by atoms with Crippen molar-refractivity contribution in [2.24, 2.45) is 34.7 Å². The number of rotatable bonds is 8. The number of nitrogens with one attached hydrogen (secondary N) is 4. The lowest BCUT2D eigenvalue weighted by atomic mass is 9.78. The summed E-state index contributed by atoms with van der Waals surface area (Å²) in [7, 11) is 0. The van der Waals surface area contributed by atoms with E-state index in [-0.39, 0.29) is 36.5 Å². The minimum atomic E-state index is -0.0592. The number of aryl methyl sites for hydroxylation is 1. The summed E-state index contributed by atoms with van der Waals surface area (Å²) in [5, 5.41) is 22.1. The van der Waals surface area contributed by atoms with Crippen LogP contribution in [0.3, 0.4) is 0 Å². The lowest BCUT2D eigenvalue weighted by molar-refractivity contribution is -0.121. The highest BCUT2D eigenvalue weighted by Crippen LogP contribution is 2.37. The van der Waals surface area contributed by atoms with Gasteiger partial charge in [0.05, 0.1) is 34.9 Å². The molecule has 10 nitrogen and oxygen atoms in total. The summed E-state index contributed by atoms with van der Waals surface area (Å²) in [6, 6.07) is 10.3. The number of aromatic nitrogens is 2. The number of allylic oxidation sites excluding steroid dienone is 1. The highest BCUT2D eigenvalue weighted by atomic mass is 16.3. The second-order valence-corrected chi connectivity index (χ2v) is 17.4. The van der Waals surface area contributed by atoms with E-state index in [2.05, 4.69) is 72.0 Å². The van der Waals surface area contributed by atoms with Gasteiger partial charge in [-0.1, -0.05) is 105 Å². The lowest BCUT2D eigenvalue weighted by Crippen LogP contribution is -2.39. The maximum Gasteiger partial charge on any atom is 0.315 e. The second-order valence-electron chi connectivity index (χ2n) is 17.4. The highest BCUT2D eigenvalue weighted by molar-refractivity contribution is 6.04. The fraction of sp³-hybridized carbons (Fsp3) is 0.674. The van der Waals surface area contributed by atoms with Crippen LogP contribution in [0.15, 0.2) is 53.4 Å². The monoisotopic (exact) mass is 772 g/mol. The average Bonchev–Trinajstić information content (AvgIpc) is 3.51. The summed E-state index contributed by atoms with van der Waals surface area (Å²) in [4.78, 5) is 32.0. The Kier molecular flexibility index (Phi) is 19.3. The van der Waals surface area contributed by atoms with Gasteiger partial charge < -0.3 is 21.1 Å². The molecule has 5 N–H and O–H groups in total. The lowest BCUT2D eigenvalue weighted by Gasteiger charge is -2.33. The fourth-order valence-corrected chi connectivity index (χ4v) is 7.25. The molecule has 4 aliphatic carbocycles. The minimum absolute atomic E-state index is 0.0460. The predicted molar refractivity (Wildman–Crippen MR) is 229 cm³/mol. The van der Waals surface area contributed by atoms with Crippen molar-refractivity contribution in [2.45, 2.75) is 156 Å². The zero-order chi connectivity index (χ0) is 40.3. The van der Waals surface area contributed by atoms with Crippen LogP contribution in [0.5, 0.6) is 0 Å². The van der Waals surface area contributed by atoms with Crippen molar-refractivity contribution in [2.75, 3.05) is 13.2 Å². The average molecular weight is 772 g/mol. The van der Waals surface area contributed by atoms with Crippen LogP contribution < -0.4 is 21.4 Å². The van der Waals surface area contributed by atoms with E-state index in [1.165, 1.54) is 63.4 Å². The molecule has 1 saturated heterocycles. The first-order valence-electron chi connectivity index (χ1n) is 21.9. The number of aliphatic hydroxyl groups is 1. The van der Waals surface area contributed by atoms with E-state index in [0.717, 1.165) is 84.8 Å². The molecule has 0 spiro atoms. The van der Waals surface area contributed by atoms with Crippen molar-refractivity contribution in [1.82, 2.24) is 31.3 Å². The first-order valence-corrected chi connectivity index (χ1v) is 21.9. The molecular formula is C46H73N7O3. The third-order valence-electron chi connectivity index (χ3n) is 11.9. The smallest absolute Gasteiger partial charge is 0.315 e. The van der Waals surface area contributed by atoms with E-state index in [1.807, 2.05) is 37.4 Å². The van der Waals surface area contributed by atoms with Crippen LogP contribution in [-0.2, 0) is 4.79 Å². The molecule has 5 fully saturated rings. The van der Waals surface area contributed by atoms with Gasteiger partial charge >= 0.3 is 6.03 Å². The first kappa shape index (κ1) is 44.9. The molecule has 2 aromatic rings. The van der Waals surface area contributed by atoms with Gasteiger partial charge in [0.2, 0.25) is 5.91 Å². The Morgan fingerprint density at radius 2 is 1.46 bits per heavy atom. The number of aliphatic hydroxyl groups excluding tert-OH is 1.